The lowest BCUT2D eigenvalue weighted by Gasteiger charge is -2.09. The van der Waals surface area contributed by atoms with Gasteiger partial charge in [-0.1, -0.05) is 29.8 Å². The Morgan fingerprint density at radius 3 is 2.54 bits per heavy atom. The summed E-state index contributed by atoms with van der Waals surface area (Å²) in [4.78, 5) is 16.6. The number of nitrogens with zero attached hydrogens (tertiary/aromatic N) is 1. The third kappa shape index (κ3) is 4.60. The molecule has 7 heteroatoms. The second-order valence-electron chi connectivity index (χ2n) is 5.98. The summed E-state index contributed by atoms with van der Waals surface area (Å²) in [5, 5.41) is 6.99. The molecule has 1 heterocycles. The first-order valence-corrected chi connectivity index (χ1v) is 9.76. The van der Waals surface area contributed by atoms with Crippen molar-refractivity contribution in [2.24, 2.45) is 0 Å². The van der Waals surface area contributed by atoms with Crippen LogP contribution in [0.5, 0.6) is 5.75 Å². The molecule has 5 nitrogen and oxygen atoms in total. The highest BCUT2D eigenvalue weighted by Gasteiger charge is 2.06. The average molecular weight is 410 g/mol. The van der Waals surface area contributed by atoms with Crippen LogP contribution in [0.2, 0.25) is 5.02 Å². The summed E-state index contributed by atoms with van der Waals surface area (Å²) in [7, 11) is 0. The number of hydrogen-bond acceptors (Lipinski definition) is 4. The predicted molar refractivity (Wildman–Crippen MR) is 114 cm³/mol. The minimum absolute atomic E-state index is 0.342. The summed E-state index contributed by atoms with van der Waals surface area (Å²) in [6.45, 7) is 0.404. The molecule has 0 bridgehead atoms. The Morgan fingerprint density at radius 2 is 1.75 bits per heavy atom. The van der Waals surface area contributed by atoms with Crippen molar-refractivity contribution < 1.29 is 9.53 Å². The Bertz CT molecular complexity index is 1080. The van der Waals surface area contributed by atoms with Gasteiger partial charge in [0.25, 0.3) is 0 Å². The summed E-state index contributed by atoms with van der Waals surface area (Å²) in [5.74, 6) is 0.708. The number of benzene rings is 3. The van der Waals surface area contributed by atoms with E-state index < -0.39 is 0 Å². The molecule has 4 aromatic rings. The molecule has 0 fully saturated rings. The van der Waals surface area contributed by atoms with Gasteiger partial charge in [0.1, 0.15) is 17.4 Å². The van der Waals surface area contributed by atoms with Crippen molar-refractivity contribution in [3.63, 3.8) is 0 Å². The van der Waals surface area contributed by atoms with E-state index in [1.54, 1.807) is 47.7 Å². The van der Waals surface area contributed by atoms with E-state index >= 15 is 0 Å². The summed E-state index contributed by atoms with van der Waals surface area (Å²) in [5.41, 5.74) is 2.27. The van der Waals surface area contributed by atoms with Gasteiger partial charge in [-0.05, 0) is 54.6 Å². The first-order chi connectivity index (χ1) is 13.7. The summed E-state index contributed by atoms with van der Waals surface area (Å²) < 4.78 is 6.94. The van der Waals surface area contributed by atoms with Gasteiger partial charge in [0.15, 0.2) is 0 Å². The Labute approximate surface area is 170 Å². The van der Waals surface area contributed by atoms with Crippen molar-refractivity contribution in [3.8, 4) is 5.75 Å². The number of carbonyl (C=O) groups is 1. The fourth-order valence-corrected chi connectivity index (χ4v) is 3.69. The molecule has 0 spiro atoms. The molecule has 0 aliphatic heterocycles. The van der Waals surface area contributed by atoms with Gasteiger partial charge < -0.3 is 15.4 Å². The van der Waals surface area contributed by atoms with Gasteiger partial charge in [-0.2, -0.15) is 0 Å². The highest BCUT2D eigenvalue weighted by Crippen LogP contribution is 2.23. The molecule has 28 heavy (non-hydrogen) atoms. The lowest BCUT2D eigenvalue weighted by atomic mass is 10.3. The van der Waals surface area contributed by atoms with Crippen molar-refractivity contribution in [1.82, 2.24) is 4.98 Å². The number of hydrogen-bond donors (Lipinski definition) is 2. The number of anilines is 2. The molecule has 1 aromatic heterocycles. The molecule has 4 rings (SSSR count). The van der Waals surface area contributed by atoms with Gasteiger partial charge in [-0.3, -0.25) is 0 Å². The van der Waals surface area contributed by atoms with E-state index in [1.165, 1.54) is 0 Å². The van der Waals surface area contributed by atoms with Crippen molar-refractivity contribution in [2.45, 2.75) is 6.61 Å². The van der Waals surface area contributed by atoms with Gasteiger partial charge in [-0.25, -0.2) is 9.78 Å². The van der Waals surface area contributed by atoms with Crippen molar-refractivity contribution in [3.05, 3.63) is 82.8 Å². The van der Waals surface area contributed by atoms with Gasteiger partial charge in [-0.15, -0.1) is 11.3 Å². The molecule has 0 unspecified atom stereocenters. The number of fused-ring (bicyclic) bond motifs is 1. The number of thiazole rings is 1. The molecule has 2 amide bonds. The van der Waals surface area contributed by atoms with Crippen LogP contribution in [-0.2, 0) is 6.61 Å². The van der Waals surface area contributed by atoms with Gasteiger partial charge in [0.2, 0.25) is 0 Å². The van der Waals surface area contributed by atoms with E-state index in [0.29, 0.717) is 28.8 Å². The average Bonchev–Trinajstić information content (AvgIpc) is 3.10. The fourth-order valence-electron chi connectivity index (χ4n) is 2.62. The number of halogens is 1. The normalized spacial score (nSPS) is 10.6. The monoisotopic (exact) mass is 409 g/mol. The number of rotatable bonds is 5. The smallest absolute Gasteiger partial charge is 0.323 e. The number of aromatic nitrogens is 1. The fraction of sp³-hybridized carbons (Fsp3) is 0.0476. The molecular weight excluding hydrogens is 394 g/mol. The first-order valence-electron chi connectivity index (χ1n) is 8.57. The maximum atomic E-state index is 12.1. The number of urea groups is 1. The second-order valence-corrected chi connectivity index (χ2v) is 7.53. The Morgan fingerprint density at radius 1 is 0.964 bits per heavy atom. The second kappa shape index (κ2) is 8.29. The maximum absolute atomic E-state index is 12.1. The highest BCUT2D eigenvalue weighted by molar-refractivity contribution is 7.18. The zero-order valence-electron chi connectivity index (χ0n) is 14.7. The predicted octanol–water partition coefficient (Wildman–Crippen LogP) is 6.17. The van der Waals surface area contributed by atoms with E-state index in [4.69, 9.17) is 16.3 Å². The number of carbonyl (C=O) groups excluding carboxylic acids is 1. The Kier molecular flexibility index (Phi) is 5.41. The molecule has 140 valence electrons. The minimum Gasteiger partial charge on any atom is -0.486 e. The lowest BCUT2D eigenvalue weighted by molar-refractivity contribution is 0.262. The van der Waals surface area contributed by atoms with E-state index in [2.05, 4.69) is 15.6 Å². The third-order valence-corrected chi connectivity index (χ3v) is 5.14. The largest absolute Gasteiger partial charge is 0.486 e. The van der Waals surface area contributed by atoms with Crippen LogP contribution in [0.25, 0.3) is 10.2 Å². The van der Waals surface area contributed by atoms with Crippen LogP contribution in [0.4, 0.5) is 16.2 Å². The van der Waals surface area contributed by atoms with Gasteiger partial charge >= 0.3 is 6.03 Å². The Balaban J connectivity index is 1.32. The molecule has 0 atom stereocenters. The van der Waals surface area contributed by atoms with Gasteiger partial charge in [0.05, 0.1) is 10.2 Å². The highest BCUT2D eigenvalue weighted by atomic mass is 35.5. The molecular formula is C21H16ClN3O2S. The molecule has 2 N–H and O–H groups in total. The van der Waals surface area contributed by atoms with Crippen LogP contribution in [0.3, 0.4) is 0 Å². The minimum atomic E-state index is -0.342. The molecule has 0 aliphatic carbocycles. The van der Waals surface area contributed by atoms with E-state index in [9.17, 15) is 4.79 Å². The molecule has 0 saturated carbocycles. The quantitative estimate of drug-likeness (QED) is 0.414. The standard InChI is InChI=1S/C21H16ClN3O2S/c22-14-4-3-5-16(12-14)24-21(26)23-15-8-10-17(11-9-15)27-13-20-25-18-6-1-2-7-19(18)28-20/h1-12H,13H2,(H2,23,24,26). The molecule has 0 saturated heterocycles. The number of nitrogens with one attached hydrogen (secondary N) is 2. The van der Waals surface area contributed by atoms with Crippen LogP contribution in [-0.4, -0.2) is 11.0 Å². The SMILES string of the molecule is O=C(Nc1ccc(OCc2nc3ccccc3s2)cc1)Nc1cccc(Cl)c1. The van der Waals surface area contributed by atoms with Crippen LogP contribution in [0, 0.1) is 0 Å². The zero-order chi connectivity index (χ0) is 19.3. The number of amides is 2. The zero-order valence-corrected chi connectivity index (χ0v) is 16.3. The first kappa shape index (κ1) is 18.3. The van der Waals surface area contributed by atoms with Crippen molar-refractivity contribution in [1.29, 1.82) is 0 Å². The topological polar surface area (TPSA) is 63.2 Å². The summed E-state index contributed by atoms with van der Waals surface area (Å²) >= 11 is 7.53. The van der Waals surface area contributed by atoms with Crippen LogP contribution in [0.15, 0.2) is 72.8 Å². The van der Waals surface area contributed by atoms with Crippen molar-refractivity contribution in [2.75, 3.05) is 10.6 Å². The van der Waals surface area contributed by atoms with E-state index in [-0.39, 0.29) is 6.03 Å². The summed E-state index contributed by atoms with van der Waals surface area (Å²) in [6, 6.07) is 21.8. The molecule has 0 aliphatic rings. The van der Waals surface area contributed by atoms with Crippen LogP contribution < -0.4 is 15.4 Å². The third-order valence-electron chi connectivity index (χ3n) is 3.90. The van der Waals surface area contributed by atoms with E-state index in [1.807, 2.05) is 36.4 Å². The van der Waals surface area contributed by atoms with Crippen LogP contribution >= 0.6 is 22.9 Å². The molecule has 0 radical (unpaired) electrons. The van der Waals surface area contributed by atoms with Gasteiger partial charge in [0, 0.05) is 16.4 Å². The Hall–Kier alpha value is -3.09. The van der Waals surface area contributed by atoms with E-state index in [0.717, 1.165) is 15.2 Å². The summed E-state index contributed by atoms with van der Waals surface area (Å²) in [6.07, 6.45) is 0. The van der Waals surface area contributed by atoms with Crippen LogP contribution in [0.1, 0.15) is 5.01 Å². The molecule has 3 aromatic carbocycles. The maximum Gasteiger partial charge on any atom is 0.323 e. The lowest BCUT2D eigenvalue weighted by Crippen LogP contribution is -2.19. The number of ether oxygens (including phenoxy) is 1. The van der Waals surface area contributed by atoms with Crippen molar-refractivity contribution >= 4 is 50.6 Å². The number of para-hydroxylation sites is 1.